The lowest BCUT2D eigenvalue weighted by molar-refractivity contribution is -0.114. The van der Waals surface area contributed by atoms with Gasteiger partial charge in [-0.25, -0.2) is 0 Å². The average molecular weight is 397 g/mol. The van der Waals surface area contributed by atoms with Gasteiger partial charge >= 0.3 is 0 Å². The predicted molar refractivity (Wildman–Crippen MR) is 103 cm³/mol. The van der Waals surface area contributed by atoms with Crippen molar-refractivity contribution in [3.8, 4) is 0 Å². The van der Waals surface area contributed by atoms with Gasteiger partial charge in [0, 0.05) is 6.54 Å². The normalized spacial score (nSPS) is 9.87. The van der Waals surface area contributed by atoms with Crippen molar-refractivity contribution >= 4 is 49.3 Å². The van der Waals surface area contributed by atoms with Gasteiger partial charge in [0.15, 0.2) is 0 Å². The van der Waals surface area contributed by atoms with Crippen LogP contribution in [-0.2, 0) is 4.79 Å². The molecule has 10 heteroatoms. The maximum absolute atomic E-state index is 10.9. The SMILES string of the molecule is CN(C)CCCNCCCNCCCNC(=O)/C=N/O.Cl.Cl.Cl. The highest BCUT2D eigenvalue weighted by Gasteiger charge is 1.95. The third-order valence-corrected chi connectivity index (χ3v) is 2.67. The van der Waals surface area contributed by atoms with Gasteiger partial charge in [-0.1, -0.05) is 5.16 Å². The smallest absolute Gasteiger partial charge is 0.265 e. The topological polar surface area (TPSA) is 89.0 Å². The van der Waals surface area contributed by atoms with E-state index in [0.29, 0.717) is 6.54 Å². The highest BCUT2D eigenvalue weighted by atomic mass is 35.5. The predicted octanol–water partition coefficient (Wildman–Crippen LogP) is 0.739. The molecular formula is C13H32Cl3N5O2. The van der Waals surface area contributed by atoms with Crippen LogP contribution in [0.25, 0.3) is 0 Å². The van der Waals surface area contributed by atoms with Gasteiger partial charge in [-0.3, -0.25) is 4.79 Å². The highest BCUT2D eigenvalue weighted by Crippen LogP contribution is 1.82. The molecule has 7 nitrogen and oxygen atoms in total. The number of nitrogens with zero attached hydrogens (tertiary/aromatic N) is 2. The van der Waals surface area contributed by atoms with Crippen molar-refractivity contribution < 1.29 is 10.0 Å². The number of halogens is 3. The molecule has 0 aromatic rings. The molecule has 0 aliphatic heterocycles. The third-order valence-electron chi connectivity index (χ3n) is 2.67. The van der Waals surface area contributed by atoms with Crippen LogP contribution in [0.2, 0.25) is 0 Å². The molecule has 0 heterocycles. The molecule has 0 fully saturated rings. The van der Waals surface area contributed by atoms with Gasteiger partial charge in [-0.2, -0.15) is 0 Å². The molecule has 0 rings (SSSR count). The van der Waals surface area contributed by atoms with Gasteiger partial charge in [0.25, 0.3) is 5.91 Å². The van der Waals surface area contributed by atoms with E-state index >= 15 is 0 Å². The van der Waals surface area contributed by atoms with Crippen LogP contribution in [0.3, 0.4) is 0 Å². The second kappa shape index (κ2) is 23.9. The molecule has 0 saturated carbocycles. The van der Waals surface area contributed by atoms with E-state index in [2.05, 4.69) is 40.1 Å². The summed E-state index contributed by atoms with van der Waals surface area (Å²) in [7, 11) is 4.17. The van der Waals surface area contributed by atoms with Crippen molar-refractivity contribution in [1.29, 1.82) is 0 Å². The van der Waals surface area contributed by atoms with Gasteiger partial charge in [0.1, 0.15) is 6.21 Å². The third kappa shape index (κ3) is 26.9. The zero-order chi connectivity index (χ0) is 15.1. The van der Waals surface area contributed by atoms with Gasteiger partial charge < -0.3 is 26.1 Å². The quantitative estimate of drug-likeness (QED) is 0.160. The molecule has 23 heavy (non-hydrogen) atoms. The second-order valence-electron chi connectivity index (χ2n) is 4.90. The van der Waals surface area contributed by atoms with E-state index in [1.165, 1.54) is 6.42 Å². The molecule has 0 bridgehead atoms. The molecule has 0 atom stereocenters. The Labute approximate surface area is 158 Å². The van der Waals surface area contributed by atoms with Crippen LogP contribution in [0.5, 0.6) is 0 Å². The van der Waals surface area contributed by atoms with Crippen LogP contribution >= 0.6 is 37.2 Å². The van der Waals surface area contributed by atoms with Gasteiger partial charge in [0.05, 0.1) is 0 Å². The fourth-order valence-corrected chi connectivity index (χ4v) is 1.63. The first-order chi connectivity index (χ1) is 9.66. The Bertz CT molecular complexity index is 272. The Hall–Kier alpha value is -0.310. The van der Waals surface area contributed by atoms with Crippen LogP contribution in [0.1, 0.15) is 19.3 Å². The molecular weight excluding hydrogens is 365 g/mol. The molecule has 0 radical (unpaired) electrons. The second-order valence-corrected chi connectivity index (χ2v) is 4.90. The van der Waals surface area contributed by atoms with Crippen molar-refractivity contribution in [3.05, 3.63) is 0 Å². The first-order valence-electron chi connectivity index (χ1n) is 7.18. The summed E-state index contributed by atoms with van der Waals surface area (Å²) >= 11 is 0. The van der Waals surface area contributed by atoms with Crippen molar-refractivity contribution in [2.24, 2.45) is 5.16 Å². The van der Waals surface area contributed by atoms with E-state index in [-0.39, 0.29) is 43.1 Å². The van der Waals surface area contributed by atoms with E-state index < -0.39 is 0 Å². The van der Waals surface area contributed by atoms with Gasteiger partial charge in [-0.05, 0) is 66.1 Å². The summed E-state index contributed by atoms with van der Waals surface area (Å²) in [6.45, 7) is 5.66. The van der Waals surface area contributed by atoms with E-state index in [1.54, 1.807) is 0 Å². The Morgan fingerprint density at radius 1 is 0.957 bits per heavy atom. The average Bonchev–Trinajstić information content (AvgIpc) is 2.40. The summed E-state index contributed by atoms with van der Waals surface area (Å²) in [5, 5.41) is 20.1. The summed E-state index contributed by atoms with van der Waals surface area (Å²) < 4.78 is 0. The number of oxime groups is 1. The standard InChI is InChI=1S/C13H29N5O2.3ClH/c1-18(2)11-5-9-15-7-3-6-14-8-4-10-16-13(19)12-17-20;;;/h12,14-15,20H,3-11H2,1-2H3,(H,16,19);3*1H/b17-12+;;;. The molecule has 0 aliphatic carbocycles. The number of amides is 1. The fourth-order valence-electron chi connectivity index (χ4n) is 1.63. The Kier molecular flexibility index (Phi) is 31.8. The lowest BCUT2D eigenvalue weighted by Crippen LogP contribution is -2.29. The van der Waals surface area contributed by atoms with Crippen molar-refractivity contribution in [1.82, 2.24) is 20.9 Å². The van der Waals surface area contributed by atoms with Crippen molar-refractivity contribution in [2.45, 2.75) is 19.3 Å². The summed E-state index contributed by atoms with van der Waals surface area (Å²) in [6, 6.07) is 0. The summed E-state index contributed by atoms with van der Waals surface area (Å²) in [5.74, 6) is -0.366. The van der Waals surface area contributed by atoms with E-state index in [1.807, 2.05) is 0 Å². The number of nitrogens with one attached hydrogen (secondary N) is 3. The zero-order valence-electron chi connectivity index (χ0n) is 13.9. The van der Waals surface area contributed by atoms with Gasteiger partial charge in [0.2, 0.25) is 0 Å². The minimum atomic E-state index is -0.366. The summed E-state index contributed by atoms with van der Waals surface area (Å²) in [4.78, 5) is 13.1. The number of hydrogen-bond acceptors (Lipinski definition) is 6. The van der Waals surface area contributed by atoms with Crippen LogP contribution in [-0.4, -0.2) is 75.6 Å². The minimum Gasteiger partial charge on any atom is -0.411 e. The minimum absolute atomic E-state index is 0. The Balaban J connectivity index is -0.000000602. The number of carbonyl (C=O) groups excluding carboxylic acids is 1. The monoisotopic (exact) mass is 395 g/mol. The first-order valence-corrected chi connectivity index (χ1v) is 7.18. The molecule has 0 saturated heterocycles. The lowest BCUT2D eigenvalue weighted by Gasteiger charge is -2.10. The number of hydrogen-bond donors (Lipinski definition) is 4. The molecule has 0 spiro atoms. The van der Waals surface area contributed by atoms with Crippen molar-refractivity contribution in [3.63, 3.8) is 0 Å². The molecule has 4 N–H and O–H groups in total. The van der Waals surface area contributed by atoms with E-state index in [4.69, 9.17) is 5.21 Å². The summed E-state index contributed by atoms with van der Waals surface area (Å²) in [6.07, 6.45) is 4.00. The number of rotatable bonds is 13. The molecule has 1 amide bonds. The Morgan fingerprint density at radius 2 is 1.43 bits per heavy atom. The van der Waals surface area contributed by atoms with E-state index in [9.17, 15) is 4.79 Å². The highest BCUT2D eigenvalue weighted by molar-refractivity contribution is 6.25. The lowest BCUT2D eigenvalue weighted by atomic mass is 10.3. The molecule has 0 aromatic heterocycles. The largest absolute Gasteiger partial charge is 0.411 e. The first kappa shape index (κ1) is 30.6. The molecule has 0 aliphatic rings. The van der Waals surface area contributed by atoms with E-state index in [0.717, 1.165) is 51.8 Å². The molecule has 142 valence electrons. The van der Waals surface area contributed by atoms with Crippen LogP contribution in [0.4, 0.5) is 0 Å². The maximum atomic E-state index is 10.9. The van der Waals surface area contributed by atoms with Gasteiger partial charge in [-0.15, -0.1) is 37.2 Å². The maximum Gasteiger partial charge on any atom is 0.265 e. The van der Waals surface area contributed by atoms with Crippen LogP contribution < -0.4 is 16.0 Å². The summed E-state index contributed by atoms with van der Waals surface area (Å²) in [5.41, 5.74) is 0. The van der Waals surface area contributed by atoms with Crippen molar-refractivity contribution in [2.75, 3.05) is 53.4 Å². The van der Waals surface area contributed by atoms with Crippen LogP contribution in [0.15, 0.2) is 5.16 Å². The Morgan fingerprint density at radius 3 is 1.91 bits per heavy atom. The van der Waals surface area contributed by atoms with Crippen LogP contribution in [0, 0.1) is 0 Å². The number of carbonyl (C=O) groups is 1. The molecule has 0 unspecified atom stereocenters. The molecule has 0 aromatic carbocycles. The zero-order valence-corrected chi connectivity index (χ0v) is 16.4. The fraction of sp³-hybridized carbons (Fsp3) is 0.846.